The van der Waals surface area contributed by atoms with Gasteiger partial charge in [-0.2, -0.15) is 0 Å². The molecular formula is C22H24N2O4. The Balaban J connectivity index is 1.48. The van der Waals surface area contributed by atoms with Gasteiger partial charge in [0.2, 0.25) is 5.91 Å². The summed E-state index contributed by atoms with van der Waals surface area (Å²) in [5, 5.41) is 11.8. The summed E-state index contributed by atoms with van der Waals surface area (Å²) in [5.41, 5.74) is 8.34. The fourth-order valence-corrected chi connectivity index (χ4v) is 2.56. The van der Waals surface area contributed by atoms with Gasteiger partial charge in [-0.15, -0.1) is 0 Å². The van der Waals surface area contributed by atoms with Crippen LogP contribution in [0.1, 0.15) is 12.5 Å². The summed E-state index contributed by atoms with van der Waals surface area (Å²) < 4.78 is 10.9. The van der Waals surface area contributed by atoms with Crippen LogP contribution in [0.3, 0.4) is 0 Å². The van der Waals surface area contributed by atoms with E-state index in [2.05, 4.69) is 29.6 Å². The Morgan fingerprint density at radius 3 is 2.43 bits per heavy atom. The van der Waals surface area contributed by atoms with Crippen LogP contribution in [0.5, 0.6) is 5.75 Å². The lowest BCUT2D eigenvalue weighted by Crippen LogP contribution is -2.51. The molecule has 0 radical (unpaired) electrons. The third-order valence-corrected chi connectivity index (χ3v) is 4.43. The molecule has 0 aliphatic carbocycles. The molecule has 1 heterocycles. The van der Waals surface area contributed by atoms with Gasteiger partial charge in [0.15, 0.2) is 0 Å². The van der Waals surface area contributed by atoms with Gasteiger partial charge in [0, 0.05) is 17.7 Å². The van der Waals surface area contributed by atoms with E-state index in [1.807, 2.05) is 6.07 Å². The third kappa shape index (κ3) is 5.00. The smallest absolute Gasteiger partial charge is 0.246 e. The predicted octanol–water partition coefficient (Wildman–Crippen LogP) is 3.22. The van der Waals surface area contributed by atoms with Crippen molar-refractivity contribution in [2.24, 2.45) is 5.73 Å². The van der Waals surface area contributed by atoms with Crippen molar-refractivity contribution in [3.8, 4) is 16.9 Å². The number of furan rings is 1. The maximum atomic E-state index is 11.9. The van der Waals surface area contributed by atoms with Gasteiger partial charge in [-0.05, 0) is 48.4 Å². The normalized spacial score (nSPS) is 13.0. The van der Waals surface area contributed by atoms with E-state index in [9.17, 15) is 4.79 Å². The van der Waals surface area contributed by atoms with Crippen molar-refractivity contribution in [2.45, 2.75) is 18.9 Å². The number of nitrogens with one attached hydrogen (secondary N) is 1. The van der Waals surface area contributed by atoms with Crippen LogP contribution in [0, 0.1) is 0 Å². The van der Waals surface area contributed by atoms with Crippen molar-refractivity contribution in [1.82, 2.24) is 0 Å². The highest BCUT2D eigenvalue weighted by Gasteiger charge is 2.27. The minimum atomic E-state index is -1.32. The molecule has 0 aliphatic rings. The molecule has 3 aromatic rings. The lowest BCUT2D eigenvalue weighted by Gasteiger charge is -2.20. The van der Waals surface area contributed by atoms with Crippen LogP contribution in [0.4, 0.5) is 5.69 Å². The van der Waals surface area contributed by atoms with Gasteiger partial charge in [0.25, 0.3) is 0 Å². The Morgan fingerprint density at radius 1 is 1.11 bits per heavy atom. The number of hydrogen-bond acceptors (Lipinski definition) is 5. The van der Waals surface area contributed by atoms with Crippen molar-refractivity contribution in [3.63, 3.8) is 0 Å². The van der Waals surface area contributed by atoms with Crippen LogP contribution >= 0.6 is 0 Å². The molecule has 1 aromatic heterocycles. The van der Waals surface area contributed by atoms with Crippen LogP contribution in [0.25, 0.3) is 11.1 Å². The van der Waals surface area contributed by atoms with Crippen molar-refractivity contribution in [2.75, 3.05) is 18.5 Å². The first kappa shape index (κ1) is 19.7. The molecule has 0 saturated heterocycles. The molecule has 0 bridgehead atoms. The number of rotatable bonds is 8. The van der Waals surface area contributed by atoms with Crippen LogP contribution in [-0.2, 0) is 11.2 Å². The third-order valence-electron chi connectivity index (χ3n) is 4.43. The largest absolute Gasteiger partial charge is 0.493 e. The molecule has 28 heavy (non-hydrogen) atoms. The van der Waals surface area contributed by atoms with E-state index in [1.165, 1.54) is 12.5 Å². The predicted molar refractivity (Wildman–Crippen MR) is 108 cm³/mol. The highest BCUT2D eigenvalue weighted by atomic mass is 16.5. The number of carbonyl (C=O) groups excluding carboxylic acids is 1. The summed E-state index contributed by atoms with van der Waals surface area (Å²) in [6.07, 6.45) is 4.17. The molecule has 146 valence electrons. The lowest BCUT2D eigenvalue weighted by atomic mass is 10.0. The first-order valence-corrected chi connectivity index (χ1v) is 9.03. The second kappa shape index (κ2) is 8.73. The maximum absolute atomic E-state index is 11.9. The minimum Gasteiger partial charge on any atom is -0.493 e. The summed E-state index contributed by atoms with van der Waals surface area (Å²) in [6.45, 7) is 1.59. The summed E-state index contributed by atoms with van der Waals surface area (Å²) in [6, 6.07) is 17.3. The zero-order valence-corrected chi connectivity index (χ0v) is 15.7. The Kier molecular flexibility index (Phi) is 6.13. The van der Waals surface area contributed by atoms with Gasteiger partial charge in [0.1, 0.15) is 11.3 Å². The number of amides is 1. The van der Waals surface area contributed by atoms with Crippen molar-refractivity contribution < 1.29 is 19.1 Å². The molecule has 1 atom stereocenters. The number of ether oxygens (including phenoxy) is 1. The van der Waals surface area contributed by atoms with E-state index in [1.54, 1.807) is 36.8 Å². The maximum Gasteiger partial charge on any atom is 0.246 e. The van der Waals surface area contributed by atoms with Gasteiger partial charge in [-0.3, -0.25) is 4.79 Å². The van der Waals surface area contributed by atoms with E-state index < -0.39 is 18.1 Å². The molecule has 0 saturated carbocycles. The lowest BCUT2D eigenvalue weighted by molar-refractivity contribution is -0.121. The molecule has 0 aliphatic heterocycles. The molecule has 4 N–H and O–H groups in total. The Labute approximate surface area is 163 Å². The molecular weight excluding hydrogens is 356 g/mol. The van der Waals surface area contributed by atoms with Gasteiger partial charge < -0.3 is 25.3 Å². The number of aliphatic hydroxyl groups excluding tert-OH is 1. The van der Waals surface area contributed by atoms with E-state index in [0.29, 0.717) is 18.0 Å². The molecule has 2 aromatic carbocycles. The average Bonchev–Trinajstić information content (AvgIpc) is 3.24. The number of benzene rings is 2. The SMILES string of the molecule is C[C@](N)(CO)C(=O)Nc1ccc(OCCc2ccc(-c3ccoc3)cc2)cc1. The van der Waals surface area contributed by atoms with Crippen molar-refractivity contribution >= 4 is 11.6 Å². The molecule has 0 spiro atoms. The quantitative estimate of drug-likeness (QED) is 0.557. The molecule has 3 rings (SSSR count). The summed E-state index contributed by atoms with van der Waals surface area (Å²) in [4.78, 5) is 11.9. The second-order valence-corrected chi connectivity index (χ2v) is 6.86. The van der Waals surface area contributed by atoms with E-state index in [0.717, 1.165) is 17.5 Å². The van der Waals surface area contributed by atoms with Gasteiger partial charge in [0.05, 0.1) is 25.7 Å². The van der Waals surface area contributed by atoms with E-state index in [-0.39, 0.29) is 0 Å². The molecule has 1 amide bonds. The number of carbonyl (C=O) groups is 1. The zero-order chi connectivity index (χ0) is 20.0. The van der Waals surface area contributed by atoms with Gasteiger partial charge in [-0.1, -0.05) is 24.3 Å². The monoisotopic (exact) mass is 380 g/mol. The van der Waals surface area contributed by atoms with E-state index >= 15 is 0 Å². The first-order valence-electron chi connectivity index (χ1n) is 9.03. The fraction of sp³-hybridized carbons (Fsp3) is 0.227. The number of aliphatic hydroxyl groups is 1. The summed E-state index contributed by atoms with van der Waals surface area (Å²) >= 11 is 0. The molecule has 0 fully saturated rings. The van der Waals surface area contributed by atoms with Crippen LogP contribution < -0.4 is 15.8 Å². The van der Waals surface area contributed by atoms with Crippen LogP contribution in [0.2, 0.25) is 0 Å². The standard InChI is InChI=1S/C22H24N2O4/c1-22(23,15-25)21(26)24-19-6-8-20(9-7-19)28-13-10-16-2-4-17(5-3-16)18-11-12-27-14-18/h2-9,11-12,14,25H,10,13,15,23H2,1H3,(H,24,26)/t22-/m0/s1. The highest BCUT2D eigenvalue weighted by Crippen LogP contribution is 2.21. The Hall–Kier alpha value is -3.09. The van der Waals surface area contributed by atoms with Gasteiger partial charge >= 0.3 is 0 Å². The highest BCUT2D eigenvalue weighted by molar-refractivity contribution is 5.97. The van der Waals surface area contributed by atoms with E-state index in [4.69, 9.17) is 20.0 Å². The Bertz CT molecular complexity index is 885. The zero-order valence-electron chi connectivity index (χ0n) is 15.7. The second-order valence-electron chi connectivity index (χ2n) is 6.86. The van der Waals surface area contributed by atoms with Crippen molar-refractivity contribution in [3.05, 3.63) is 72.7 Å². The van der Waals surface area contributed by atoms with Crippen molar-refractivity contribution in [1.29, 1.82) is 0 Å². The number of nitrogens with two attached hydrogens (primary N) is 1. The molecule has 6 heteroatoms. The summed E-state index contributed by atoms with van der Waals surface area (Å²) in [7, 11) is 0. The van der Waals surface area contributed by atoms with Crippen LogP contribution in [0.15, 0.2) is 71.5 Å². The van der Waals surface area contributed by atoms with Crippen LogP contribution in [-0.4, -0.2) is 29.8 Å². The number of hydrogen-bond donors (Lipinski definition) is 3. The summed E-state index contributed by atoms with van der Waals surface area (Å²) in [5.74, 6) is 0.272. The average molecular weight is 380 g/mol. The number of anilines is 1. The fourth-order valence-electron chi connectivity index (χ4n) is 2.56. The Morgan fingerprint density at radius 2 is 1.82 bits per heavy atom. The molecule has 0 unspecified atom stereocenters. The minimum absolute atomic E-state index is 0.427. The van der Waals surface area contributed by atoms with Gasteiger partial charge in [-0.25, -0.2) is 0 Å². The first-order chi connectivity index (χ1) is 13.5. The topological polar surface area (TPSA) is 97.7 Å². The molecule has 6 nitrogen and oxygen atoms in total.